The van der Waals surface area contributed by atoms with E-state index in [1.165, 1.54) is 0 Å². The summed E-state index contributed by atoms with van der Waals surface area (Å²) in [6, 6.07) is 11.1. The number of anilines is 1. The van der Waals surface area contributed by atoms with Gasteiger partial charge in [-0.2, -0.15) is 0 Å². The van der Waals surface area contributed by atoms with Gasteiger partial charge < -0.3 is 20.2 Å². The number of pyridine rings is 1. The van der Waals surface area contributed by atoms with E-state index in [0.29, 0.717) is 12.0 Å². The SMILES string of the molecule is CN1CCN(c2cc(C(=O)N[C@@H]3c4ccccc4C[C@@H]3O)ccn2)CC1. The molecule has 1 fully saturated rings. The van der Waals surface area contributed by atoms with Crippen molar-refractivity contribution in [3.05, 3.63) is 59.3 Å². The van der Waals surface area contributed by atoms with Crippen LogP contribution in [-0.4, -0.2) is 60.2 Å². The van der Waals surface area contributed by atoms with Crippen molar-refractivity contribution >= 4 is 11.7 Å². The predicted octanol–water partition coefficient (Wildman–Crippen LogP) is 1.22. The molecule has 2 heterocycles. The van der Waals surface area contributed by atoms with E-state index in [0.717, 1.165) is 43.1 Å². The molecule has 4 rings (SSSR count). The molecule has 1 amide bonds. The maximum Gasteiger partial charge on any atom is 0.252 e. The number of hydrogen-bond donors (Lipinski definition) is 2. The highest BCUT2D eigenvalue weighted by Gasteiger charge is 2.32. The molecule has 6 heteroatoms. The lowest BCUT2D eigenvalue weighted by molar-refractivity contribution is 0.0858. The van der Waals surface area contributed by atoms with Crippen LogP contribution in [-0.2, 0) is 6.42 Å². The second-order valence-electron chi connectivity index (χ2n) is 7.11. The van der Waals surface area contributed by atoms with Crippen molar-refractivity contribution in [3.8, 4) is 0 Å². The Balaban J connectivity index is 1.50. The molecule has 26 heavy (non-hydrogen) atoms. The number of rotatable bonds is 3. The first-order chi connectivity index (χ1) is 12.6. The number of aromatic nitrogens is 1. The molecule has 1 aliphatic heterocycles. The standard InChI is InChI=1S/C20H24N4O2/c1-23-8-10-24(11-9-23)18-13-15(6-7-21-18)20(26)22-19-16-5-3-2-4-14(16)12-17(19)25/h2-7,13,17,19,25H,8-12H2,1H3,(H,22,26)/t17-,19+/m0/s1. The van der Waals surface area contributed by atoms with Gasteiger partial charge >= 0.3 is 0 Å². The molecule has 1 saturated heterocycles. The van der Waals surface area contributed by atoms with E-state index >= 15 is 0 Å². The maximum atomic E-state index is 12.8. The average molecular weight is 352 g/mol. The first-order valence-corrected chi connectivity index (χ1v) is 9.08. The van der Waals surface area contributed by atoms with Crippen LogP contribution in [0.1, 0.15) is 27.5 Å². The number of benzene rings is 1. The molecule has 0 bridgehead atoms. The summed E-state index contributed by atoms with van der Waals surface area (Å²) in [4.78, 5) is 21.7. The third-order valence-corrected chi connectivity index (χ3v) is 5.33. The van der Waals surface area contributed by atoms with E-state index in [9.17, 15) is 9.90 Å². The Kier molecular flexibility index (Phi) is 4.61. The number of fused-ring (bicyclic) bond motifs is 1. The van der Waals surface area contributed by atoms with Crippen molar-refractivity contribution in [2.75, 3.05) is 38.1 Å². The zero-order chi connectivity index (χ0) is 18.1. The van der Waals surface area contributed by atoms with E-state index in [1.807, 2.05) is 30.3 Å². The first-order valence-electron chi connectivity index (χ1n) is 9.08. The maximum absolute atomic E-state index is 12.8. The van der Waals surface area contributed by atoms with Crippen molar-refractivity contribution in [1.82, 2.24) is 15.2 Å². The van der Waals surface area contributed by atoms with Crippen molar-refractivity contribution < 1.29 is 9.90 Å². The Morgan fingerprint density at radius 3 is 2.77 bits per heavy atom. The highest BCUT2D eigenvalue weighted by atomic mass is 16.3. The van der Waals surface area contributed by atoms with Crippen LogP contribution in [0.25, 0.3) is 0 Å². The molecule has 2 aromatic rings. The molecule has 2 atom stereocenters. The van der Waals surface area contributed by atoms with Crippen LogP contribution in [0.5, 0.6) is 0 Å². The van der Waals surface area contributed by atoms with Crippen LogP contribution in [0.15, 0.2) is 42.6 Å². The predicted molar refractivity (Wildman–Crippen MR) is 100 cm³/mol. The fraction of sp³-hybridized carbons (Fsp3) is 0.400. The summed E-state index contributed by atoms with van der Waals surface area (Å²) in [5.74, 6) is 0.654. The molecule has 136 valence electrons. The fourth-order valence-electron chi connectivity index (χ4n) is 3.74. The van der Waals surface area contributed by atoms with Crippen molar-refractivity contribution in [2.45, 2.75) is 18.6 Å². The third-order valence-electron chi connectivity index (χ3n) is 5.33. The molecule has 0 saturated carbocycles. The van der Waals surface area contributed by atoms with Crippen molar-refractivity contribution in [2.24, 2.45) is 0 Å². The molecule has 0 radical (unpaired) electrons. The molecule has 1 aromatic carbocycles. The summed E-state index contributed by atoms with van der Waals surface area (Å²) in [7, 11) is 2.11. The van der Waals surface area contributed by atoms with E-state index in [-0.39, 0.29) is 11.9 Å². The van der Waals surface area contributed by atoms with Gasteiger partial charge in [-0.1, -0.05) is 24.3 Å². The number of hydrogen-bond acceptors (Lipinski definition) is 5. The van der Waals surface area contributed by atoms with Crippen LogP contribution >= 0.6 is 0 Å². The normalized spacial score (nSPS) is 22.9. The highest BCUT2D eigenvalue weighted by molar-refractivity contribution is 5.95. The molecule has 0 spiro atoms. The molecule has 6 nitrogen and oxygen atoms in total. The molecule has 2 aliphatic rings. The lowest BCUT2D eigenvalue weighted by Gasteiger charge is -2.33. The fourth-order valence-corrected chi connectivity index (χ4v) is 3.74. The smallest absolute Gasteiger partial charge is 0.252 e. The molecule has 0 unspecified atom stereocenters. The highest BCUT2D eigenvalue weighted by Crippen LogP contribution is 2.31. The van der Waals surface area contributed by atoms with Crippen LogP contribution in [0, 0.1) is 0 Å². The summed E-state index contributed by atoms with van der Waals surface area (Å²) < 4.78 is 0. The Bertz CT molecular complexity index is 802. The van der Waals surface area contributed by atoms with Crippen LogP contribution < -0.4 is 10.2 Å². The van der Waals surface area contributed by atoms with Gasteiger partial charge in [-0.3, -0.25) is 4.79 Å². The number of nitrogens with zero attached hydrogens (tertiary/aromatic N) is 3. The number of likely N-dealkylation sites (N-methyl/N-ethyl adjacent to an activating group) is 1. The van der Waals surface area contributed by atoms with Gasteiger partial charge in [0.2, 0.25) is 0 Å². The Labute approximate surface area is 153 Å². The number of nitrogens with one attached hydrogen (secondary N) is 1. The van der Waals surface area contributed by atoms with E-state index in [2.05, 4.69) is 27.1 Å². The average Bonchev–Trinajstić information content (AvgIpc) is 2.98. The molecular weight excluding hydrogens is 328 g/mol. The third kappa shape index (κ3) is 3.30. The second-order valence-corrected chi connectivity index (χ2v) is 7.11. The zero-order valence-corrected chi connectivity index (χ0v) is 14.9. The van der Waals surface area contributed by atoms with Crippen LogP contribution in [0.3, 0.4) is 0 Å². The number of carbonyl (C=O) groups is 1. The summed E-state index contributed by atoms with van der Waals surface area (Å²) in [6.45, 7) is 3.79. The lowest BCUT2D eigenvalue weighted by atomic mass is 10.1. The molecule has 1 aliphatic carbocycles. The van der Waals surface area contributed by atoms with Crippen LogP contribution in [0.2, 0.25) is 0 Å². The number of piperazine rings is 1. The Morgan fingerprint density at radius 1 is 1.19 bits per heavy atom. The molecular formula is C20H24N4O2. The van der Waals surface area contributed by atoms with Gasteiger partial charge in [0.15, 0.2) is 0 Å². The largest absolute Gasteiger partial charge is 0.390 e. The van der Waals surface area contributed by atoms with Gasteiger partial charge in [-0.25, -0.2) is 4.98 Å². The summed E-state index contributed by atoms with van der Waals surface area (Å²) >= 11 is 0. The van der Waals surface area contributed by atoms with Gasteiger partial charge in [0.25, 0.3) is 5.91 Å². The zero-order valence-electron chi connectivity index (χ0n) is 14.9. The topological polar surface area (TPSA) is 68.7 Å². The quantitative estimate of drug-likeness (QED) is 0.869. The van der Waals surface area contributed by atoms with E-state index < -0.39 is 6.10 Å². The molecule has 2 N–H and O–H groups in total. The Morgan fingerprint density at radius 2 is 1.96 bits per heavy atom. The number of carbonyl (C=O) groups excluding carboxylic acids is 1. The summed E-state index contributed by atoms with van der Waals surface area (Å²) in [5.41, 5.74) is 2.67. The number of aliphatic hydroxyl groups is 1. The van der Waals surface area contributed by atoms with Gasteiger partial charge in [0.05, 0.1) is 12.1 Å². The summed E-state index contributed by atoms with van der Waals surface area (Å²) in [6.07, 6.45) is 1.67. The minimum absolute atomic E-state index is 0.177. The van der Waals surface area contributed by atoms with E-state index in [4.69, 9.17) is 0 Å². The van der Waals surface area contributed by atoms with Gasteiger partial charge in [-0.05, 0) is 30.3 Å². The van der Waals surface area contributed by atoms with Crippen molar-refractivity contribution in [1.29, 1.82) is 0 Å². The number of amides is 1. The monoisotopic (exact) mass is 352 g/mol. The molecule has 1 aromatic heterocycles. The second kappa shape index (κ2) is 7.05. The summed E-state index contributed by atoms with van der Waals surface area (Å²) in [5, 5.41) is 13.3. The minimum Gasteiger partial charge on any atom is -0.390 e. The number of aliphatic hydroxyl groups excluding tert-OH is 1. The minimum atomic E-state index is -0.588. The first kappa shape index (κ1) is 17.0. The van der Waals surface area contributed by atoms with E-state index in [1.54, 1.807) is 12.3 Å². The van der Waals surface area contributed by atoms with Gasteiger partial charge in [0, 0.05) is 44.4 Å². The lowest BCUT2D eigenvalue weighted by Crippen LogP contribution is -2.44. The van der Waals surface area contributed by atoms with Gasteiger partial charge in [-0.15, -0.1) is 0 Å². The van der Waals surface area contributed by atoms with Crippen molar-refractivity contribution in [3.63, 3.8) is 0 Å². The van der Waals surface area contributed by atoms with Crippen LogP contribution in [0.4, 0.5) is 5.82 Å². The Hall–Kier alpha value is -2.44. The van der Waals surface area contributed by atoms with Gasteiger partial charge in [0.1, 0.15) is 5.82 Å².